The minimum absolute atomic E-state index is 0. The van der Waals surface area contributed by atoms with E-state index in [9.17, 15) is 4.39 Å². The van der Waals surface area contributed by atoms with Crippen molar-refractivity contribution >= 4 is 12.4 Å². The summed E-state index contributed by atoms with van der Waals surface area (Å²) in [6, 6.07) is 4.34. The Balaban J connectivity index is 0.00000220. The van der Waals surface area contributed by atoms with Crippen LogP contribution in [0.2, 0.25) is 0 Å². The quantitative estimate of drug-likeness (QED) is 0.815. The number of halogens is 2. The third-order valence-corrected chi connectivity index (χ3v) is 3.47. The molecule has 0 fully saturated rings. The lowest BCUT2D eigenvalue weighted by Crippen LogP contribution is -2.20. The van der Waals surface area contributed by atoms with E-state index in [0.717, 1.165) is 24.4 Å². The maximum absolute atomic E-state index is 12.4. The minimum Gasteiger partial charge on any atom is -0.306 e. The van der Waals surface area contributed by atoms with Gasteiger partial charge in [-0.3, -0.25) is 9.36 Å². The number of aryl methyl sites for hydroxylation is 1. The van der Waals surface area contributed by atoms with E-state index in [0.29, 0.717) is 19.1 Å². The van der Waals surface area contributed by atoms with E-state index in [-0.39, 0.29) is 12.4 Å². The Labute approximate surface area is 130 Å². The van der Waals surface area contributed by atoms with Gasteiger partial charge in [-0.2, -0.15) is 10.2 Å². The number of aromatic nitrogens is 4. The van der Waals surface area contributed by atoms with Gasteiger partial charge >= 0.3 is 0 Å². The molecule has 0 saturated carbocycles. The van der Waals surface area contributed by atoms with Gasteiger partial charge in [0.25, 0.3) is 0 Å². The molecular formula is C14H23ClFN5. The molecule has 1 unspecified atom stereocenters. The van der Waals surface area contributed by atoms with Gasteiger partial charge in [0.15, 0.2) is 0 Å². The van der Waals surface area contributed by atoms with Crippen LogP contribution in [0.25, 0.3) is 0 Å². The van der Waals surface area contributed by atoms with Crippen LogP contribution in [0, 0.1) is 0 Å². The smallest absolute Gasteiger partial charge is 0.109 e. The van der Waals surface area contributed by atoms with Crippen LogP contribution in [-0.2, 0) is 19.6 Å². The molecular weight excluding hydrogens is 293 g/mol. The first-order valence-corrected chi connectivity index (χ1v) is 7.06. The maximum atomic E-state index is 12.4. The predicted molar refractivity (Wildman–Crippen MR) is 83.2 cm³/mol. The summed E-state index contributed by atoms with van der Waals surface area (Å²) in [5.41, 5.74) is 2.16. The Kier molecular flexibility index (Phi) is 7.39. The SMILES string of the molecule is CCC(C)n1nccc1CNCc1ccnn1CCF.Cl. The van der Waals surface area contributed by atoms with E-state index in [1.165, 1.54) is 0 Å². The summed E-state index contributed by atoms with van der Waals surface area (Å²) in [6.07, 6.45) is 4.59. The van der Waals surface area contributed by atoms with Crippen LogP contribution in [0.3, 0.4) is 0 Å². The average Bonchev–Trinajstić information content (AvgIpc) is 3.08. The van der Waals surface area contributed by atoms with E-state index < -0.39 is 6.67 Å². The fourth-order valence-corrected chi connectivity index (χ4v) is 2.16. The summed E-state index contributed by atoms with van der Waals surface area (Å²) in [5.74, 6) is 0. The maximum Gasteiger partial charge on any atom is 0.109 e. The monoisotopic (exact) mass is 315 g/mol. The summed E-state index contributed by atoms with van der Waals surface area (Å²) < 4.78 is 16.1. The largest absolute Gasteiger partial charge is 0.306 e. The van der Waals surface area contributed by atoms with Gasteiger partial charge in [0.05, 0.1) is 17.9 Å². The number of hydrogen-bond acceptors (Lipinski definition) is 3. The van der Waals surface area contributed by atoms with Gasteiger partial charge in [0.1, 0.15) is 6.67 Å². The summed E-state index contributed by atoms with van der Waals surface area (Å²) in [5, 5.41) is 11.8. The van der Waals surface area contributed by atoms with Crippen LogP contribution in [0.4, 0.5) is 4.39 Å². The van der Waals surface area contributed by atoms with E-state index in [1.54, 1.807) is 10.9 Å². The van der Waals surface area contributed by atoms with Gasteiger partial charge < -0.3 is 5.32 Å². The van der Waals surface area contributed by atoms with Crippen LogP contribution >= 0.6 is 12.4 Å². The molecule has 0 bridgehead atoms. The molecule has 7 heteroatoms. The zero-order chi connectivity index (χ0) is 14.4. The topological polar surface area (TPSA) is 47.7 Å². The molecule has 118 valence electrons. The predicted octanol–water partition coefficient (Wildman–Crippen LogP) is 2.73. The van der Waals surface area contributed by atoms with Gasteiger partial charge in [0.2, 0.25) is 0 Å². The number of rotatable bonds is 8. The second-order valence-electron chi connectivity index (χ2n) is 4.86. The van der Waals surface area contributed by atoms with Crippen molar-refractivity contribution < 1.29 is 4.39 Å². The van der Waals surface area contributed by atoms with Crippen LogP contribution in [0.1, 0.15) is 37.7 Å². The highest BCUT2D eigenvalue weighted by Gasteiger charge is 2.08. The number of alkyl halides is 1. The zero-order valence-corrected chi connectivity index (χ0v) is 13.3. The van der Waals surface area contributed by atoms with Crippen molar-refractivity contribution in [1.82, 2.24) is 24.9 Å². The van der Waals surface area contributed by atoms with Crippen molar-refractivity contribution in [2.75, 3.05) is 6.67 Å². The molecule has 0 spiro atoms. The molecule has 2 aromatic rings. The molecule has 2 heterocycles. The molecule has 1 atom stereocenters. The summed E-state index contributed by atoms with van der Waals surface area (Å²) >= 11 is 0. The number of nitrogens with zero attached hydrogens (tertiary/aromatic N) is 4. The van der Waals surface area contributed by atoms with E-state index >= 15 is 0 Å². The molecule has 2 rings (SSSR count). The Hall–Kier alpha value is -1.40. The van der Waals surface area contributed by atoms with E-state index in [4.69, 9.17) is 0 Å². The van der Waals surface area contributed by atoms with E-state index in [2.05, 4.69) is 29.4 Å². The number of hydrogen-bond donors (Lipinski definition) is 1. The molecule has 1 N–H and O–H groups in total. The second kappa shape index (κ2) is 8.79. The number of nitrogens with one attached hydrogen (secondary N) is 1. The van der Waals surface area contributed by atoms with Crippen molar-refractivity contribution in [2.45, 2.75) is 45.9 Å². The molecule has 0 radical (unpaired) electrons. The third-order valence-electron chi connectivity index (χ3n) is 3.47. The first-order valence-electron chi connectivity index (χ1n) is 7.06. The van der Waals surface area contributed by atoms with Crippen LogP contribution < -0.4 is 5.32 Å². The fourth-order valence-electron chi connectivity index (χ4n) is 2.16. The van der Waals surface area contributed by atoms with Crippen molar-refractivity contribution in [3.05, 3.63) is 35.9 Å². The van der Waals surface area contributed by atoms with Crippen LogP contribution in [0.5, 0.6) is 0 Å². The molecule has 0 amide bonds. The first kappa shape index (κ1) is 17.7. The van der Waals surface area contributed by atoms with Crippen molar-refractivity contribution in [1.29, 1.82) is 0 Å². The van der Waals surface area contributed by atoms with Crippen LogP contribution in [0.15, 0.2) is 24.5 Å². The van der Waals surface area contributed by atoms with Crippen LogP contribution in [-0.4, -0.2) is 26.2 Å². The van der Waals surface area contributed by atoms with Crippen molar-refractivity contribution in [3.63, 3.8) is 0 Å². The lowest BCUT2D eigenvalue weighted by Gasteiger charge is -2.14. The zero-order valence-electron chi connectivity index (χ0n) is 12.5. The fraction of sp³-hybridized carbons (Fsp3) is 0.571. The molecule has 5 nitrogen and oxygen atoms in total. The van der Waals surface area contributed by atoms with Crippen molar-refractivity contribution in [2.24, 2.45) is 0 Å². The highest BCUT2D eigenvalue weighted by atomic mass is 35.5. The van der Waals surface area contributed by atoms with Gasteiger partial charge in [-0.05, 0) is 25.5 Å². The minimum atomic E-state index is -0.393. The molecule has 0 aromatic carbocycles. The Morgan fingerprint density at radius 2 is 1.86 bits per heavy atom. The van der Waals surface area contributed by atoms with Gasteiger partial charge in [-0.25, -0.2) is 4.39 Å². The summed E-state index contributed by atoms with van der Waals surface area (Å²) in [4.78, 5) is 0. The molecule has 21 heavy (non-hydrogen) atoms. The first-order chi connectivity index (χ1) is 9.76. The highest BCUT2D eigenvalue weighted by molar-refractivity contribution is 5.85. The molecule has 2 aromatic heterocycles. The normalized spacial score (nSPS) is 12.1. The summed E-state index contributed by atoms with van der Waals surface area (Å²) in [6.45, 7) is 5.65. The lowest BCUT2D eigenvalue weighted by molar-refractivity contribution is 0.415. The standard InChI is InChI=1S/C14H22FN5.ClH/c1-3-12(2)20-14(5-8-18-20)11-16-10-13-4-7-17-19(13)9-6-15;/h4-5,7-8,12,16H,3,6,9-11H2,1-2H3;1H. The molecule has 0 aliphatic rings. The Morgan fingerprint density at radius 3 is 2.57 bits per heavy atom. The van der Waals surface area contributed by atoms with Crippen molar-refractivity contribution in [3.8, 4) is 0 Å². The van der Waals surface area contributed by atoms with E-state index in [1.807, 2.05) is 23.0 Å². The van der Waals surface area contributed by atoms with Gasteiger partial charge in [-0.15, -0.1) is 12.4 Å². The summed E-state index contributed by atoms with van der Waals surface area (Å²) in [7, 11) is 0. The lowest BCUT2D eigenvalue weighted by atomic mass is 10.2. The van der Waals surface area contributed by atoms with Gasteiger partial charge in [-0.1, -0.05) is 6.92 Å². The van der Waals surface area contributed by atoms with Gasteiger partial charge in [0, 0.05) is 31.5 Å². The molecule has 0 saturated heterocycles. The Morgan fingerprint density at radius 1 is 1.19 bits per heavy atom. The molecule has 0 aliphatic carbocycles. The average molecular weight is 316 g/mol. The Bertz CT molecular complexity index is 525. The highest BCUT2D eigenvalue weighted by Crippen LogP contribution is 2.12. The third kappa shape index (κ3) is 4.54. The molecule has 0 aliphatic heterocycles. The second-order valence-corrected chi connectivity index (χ2v) is 4.86.